The fourth-order valence-electron chi connectivity index (χ4n) is 5.91. The van der Waals surface area contributed by atoms with Crippen LogP contribution in [0.3, 0.4) is 0 Å². The number of hydrogen-bond acceptors (Lipinski definition) is 14. The van der Waals surface area contributed by atoms with Gasteiger partial charge in [0.25, 0.3) is 5.91 Å². The zero-order chi connectivity index (χ0) is 38.8. The number of carboxylic acids is 1. The molecule has 1 saturated heterocycles. The average molecular weight is 750 g/mol. The Morgan fingerprint density at radius 3 is 2.62 bits per heavy atom. The summed E-state index contributed by atoms with van der Waals surface area (Å²) in [6.45, 7) is 1.70. The summed E-state index contributed by atoms with van der Waals surface area (Å²) in [7, 11) is 0. The number of amides is 2. The first-order chi connectivity index (χ1) is 25.3. The number of carbonyl (C=O) groups excluding carboxylic acids is 3. The molecule has 53 heavy (non-hydrogen) atoms. The van der Waals surface area contributed by atoms with Crippen molar-refractivity contribution in [1.29, 1.82) is 0 Å². The largest absolute Gasteiger partial charge is 0.507 e. The minimum atomic E-state index is -1.25. The highest BCUT2D eigenvalue weighted by molar-refractivity contribution is 6.00. The normalized spacial score (nSPS) is 20.0. The van der Waals surface area contributed by atoms with Gasteiger partial charge in [-0.05, 0) is 82.9 Å². The van der Waals surface area contributed by atoms with Crippen LogP contribution in [0.5, 0.6) is 5.75 Å². The molecular formula is C36H55N5O12. The molecule has 2 aliphatic heterocycles. The van der Waals surface area contributed by atoms with E-state index in [-0.39, 0.29) is 50.6 Å². The fourth-order valence-corrected chi connectivity index (χ4v) is 5.91. The second-order valence-electron chi connectivity index (χ2n) is 13.4. The highest BCUT2D eigenvalue weighted by Gasteiger charge is 2.33. The lowest BCUT2D eigenvalue weighted by Crippen LogP contribution is -2.49. The van der Waals surface area contributed by atoms with Gasteiger partial charge in [0.15, 0.2) is 6.04 Å². The lowest BCUT2D eigenvalue weighted by atomic mass is 10.1. The molecular weight excluding hydrogens is 694 g/mol. The van der Waals surface area contributed by atoms with E-state index in [1.807, 2.05) is 0 Å². The molecule has 0 aliphatic carbocycles. The van der Waals surface area contributed by atoms with Gasteiger partial charge in [-0.2, -0.15) is 5.06 Å². The summed E-state index contributed by atoms with van der Waals surface area (Å²) in [6.07, 6.45) is 6.19. The van der Waals surface area contributed by atoms with E-state index in [0.29, 0.717) is 55.6 Å². The van der Waals surface area contributed by atoms with Crippen molar-refractivity contribution in [2.45, 2.75) is 127 Å². The van der Waals surface area contributed by atoms with E-state index in [2.05, 4.69) is 15.6 Å². The molecule has 3 rings (SSSR count). The molecule has 2 heterocycles. The van der Waals surface area contributed by atoms with Gasteiger partial charge in [-0.1, -0.05) is 31.1 Å². The van der Waals surface area contributed by atoms with Crippen molar-refractivity contribution >= 4 is 29.7 Å². The Morgan fingerprint density at radius 2 is 1.87 bits per heavy atom. The number of benzene rings is 1. The zero-order valence-corrected chi connectivity index (χ0v) is 30.2. The van der Waals surface area contributed by atoms with E-state index in [1.54, 1.807) is 31.2 Å². The molecule has 0 radical (unpaired) electrons. The third-order valence-electron chi connectivity index (χ3n) is 8.88. The van der Waals surface area contributed by atoms with Crippen molar-refractivity contribution in [2.75, 3.05) is 19.7 Å². The molecule has 1 aromatic rings. The summed E-state index contributed by atoms with van der Waals surface area (Å²) in [5.74, 6) is -2.74. The van der Waals surface area contributed by atoms with Gasteiger partial charge in [-0.25, -0.2) is 14.9 Å². The van der Waals surface area contributed by atoms with Gasteiger partial charge in [0.05, 0.1) is 11.6 Å². The lowest BCUT2D eigenvalue weighted by molar-refractivity contribution is -0.177. The molecule has 2 amide bonds. The van der Waals surface area contributed by atoms with E-state index in [0.717, 1.165) is 24.3 Å². The third-order valence-corrected chi connectivity index (χ3v) is 8.88. The van der Waals surface area contributed by atoms with E-state index in [4.69, 9.17) is 14.6 Å². The SMILES string of the molecule is CC(CC(O)NC1CCCCN(O)C1=O)OC(=O)C(CCCCN(O)C(O)/C=C\CCCCCCC(=O)O)NC(=O)C1COC(c2ccccc2O)=N1. The Hall–Kier alpha value is -4.13. The van der Waals surface area contributed by atoms with Crippen LogP contribution in [0.4, 0.5) is 0 Å². The van der Waals surface area contributed by atoms with Gasteiger partial charge in [0, 0.05) is 25.9 Å². The van der Waals surface area contributed by atoms with Crippen molar-refractivity contribution in [3.8, 4) is 5.75 Å². The number of hydrogen-bond donors (Lipinski definition) is 8. The number of aliphatic imine (C=N–C) groups is 1. The van der Waals surface area contributed by atoms with Crippen molar-refractivity contribution < 1.29 is 59.5 Å². The molecule has 1 aromatic carbocycles. The molecule has 296 valence electrons. The number of unbranched alkanes of at least 4 members (excludes halogenated alkanes) is 5. The number of nitrogens with one attached hydrogen (secondary N) is 2. The molecule has 8 N–H and O–H groups in total. The van der Waals surface area contributed by atoms with Crippen LogP contribution in [0.1, 0.15) is 96.0 Å². The summed E-state index contributed by atoms with van der Waals surface area (Å²) in [4.78, 5) is 53.9. The molecule has 17 nitrogen and oxygen atoms in total. The topological polar surface area (TPSA) is 251 Å². The number of esters is 1. The maximum atomic E-state index is 13.4. The first kappa shape index (κ1) is 43.3. The zero-order valence-electron chi connectivity index (χ0n) is 30.2. The predicted octanol–water partition coefficient (Wildman–Crippen LogP) is 2.18. The predicted molar refractivity (Wildman–Crippen MR) is 190 cm³/mol. The van der Waals surface area contributed by atoms with Crippen LogP contribution < -0.4 is 10.6 Å². The number of ether oxygens (including phenoxy) is 2. The van der Waals surface area contributed by atoms with Crippen LogP contribution in [0.25, 0.3) is 0 Å². The number of carboxylic acid groups (broad SMARTS) is 1. The third kappa shape index (κ3) is 15.4. The maximum absolute atomic E-state index is 13.4. The average Bonchev–Trinajstić information content (AvgIpc) is 3.55. The van der Waals surface area contributed by atoms with Gasteiger partial charge in [0.2, 0.25) is 11.8 Å². The number of nitrogens with zero attached hydrogens (tertiary/aromatic N) is 3. The summed E-state index contributed by atoms with van der Waals surface area (Å²) in [5, 5.41) is 66.7. The highest BCUT2D eigenvalue weighted by Crippen LogP contribution is 2.21. The monoisotopic (exact) mass is 749 g/mol. The Bertz CT molecular complexity index is 1390. The summed E-state index contributed by atoms with van der Waals surface area (Å²) >= 11 is 0. The van der Waals surface area contributed by atoms with Crippen LogP contribution in [0.15, 0.2) is 41.4 Å². The van der Waals surface area contributed by atoms with Gasteiger partial charge in [0.1, 0.15) is 37.0 Å². The van der Waals surface area contributed by atoms with Crippen LogP contribution in [-0.4, -0.2) is 127 Å². The van der Waals surface area contributed by atoms with Crippen molar-refractivity contribution in [1.82, 2.24) is 20.8 Å². The number of phenols is 1. The standard InChI is InChI=1S/C36H55N5O12/c1-24(22-30(43)37-26-15-10-13-21-41(51)35(26)48)53-36(49)27(38-33(47)28-23-52-34(39-28)25-14-8-9-17-29(25)42)16-11-12-20-40(50)31(44)18-6-4-2-3-5-7-19-32(45)46/h6,8-9,14,17-18,24,26-28,30-31,37,42-44,50-51H,2-5,7,10-13,15-16,19-23H2,1H3,(H,38,47)(H,45,46)/b18-6-. The van der Waals surface area contributed by atoms with Crippen LogP contribution in [0, 0.1) is 0 Å². The van der Waals surface area contributed by atoms with Crippen molar-refractivity contribution in [2.24, 2.45) is 4.99 Å². The molecule has 2 aliphatic rings. The molecule has 0 spiro atoms. The number of carbonyl (C=O) groups is 4. The maximum Gasteiger partial charge on any atom is 0.328 e. The molecule has 0 bridgehead atoms. The highest BCUT2D eigenvalue weighted by atomic mass is 16.5. The van der Waals surface area contributed by atoms with E-state index < -0.39 is 60.4 Å². The molecule has 17 heteroatoms. The number of rotatable bonds is 23. The van der Waals surface area contributed by atoms with E-state index >= 15 is 0 Å². The molecule has 6 atom stereocenters. The minimum Gasteiger partial charge on any atom is -0.507 e. The number of allylic oxidation sites excluding steroid dienone is 1. The number of aromatic hydroxyl groups is 1. The Labute approximate surface area is 309 Å². The van der Waals surface area contributed by atoms with Crippen LogP contribution in [-0.2, 0) is 28.7 Å². The molecule has 0 aromatic heterocycles. The summed E-state index contributed by atoms with van der Waals surface area (Å²) < 4.78 is 11.1. The summed E-state index contributed by atoms with van der Waals surface area (Å²) in [5.41, 5.74) is 0.315. The fraction of sp³-hybridized carbons (Fsp3) is 0.639. The Morgan fingerprint density at radius 1 is 1.11 bits per heavy atom. The second kappa shape index (κ2) is 22.8. The number of phenolic OH excluding ortho intramolecular Hbond substituents is 1. The number of aliphatic hydroxyl groups excluding tert-OH is 2. The first-order valence-electron chi connectivity index (χ1n) is 18.3. The van der Waals surface area contributed by atoms with Crippen molar-refractivity contribution in [3.63, 3.8) is 0 Å². The first-order valence-corrected chi connectivity index (χ1v) is 18.3. The molecule has 6 unspecified atom stereocenters. The summed E-state index contributed by atoms with van der Waals surface area (Å²) in [6, 6.07) is 3.42. The number of para-hydroxylation sites is 1. The van der Waals surface area contributed by atoms with E-state index in [9.17, 15) is 44.9 Å². The smallest absolute Gasteiger partial charge is 0.328 e. The van der Waals surface area contributed by atoms with Gasteiger partial charge in [-0.15, -0.1) is 0 Å². The second-order valence-corrected chi connectivity index (χ2v) is 13.4. The number of aliphatic carboxylic acids is 1. The van der Waals surface area contributed by atoms with Gasteiger partial charge < -0.3 is 40.4 Å². The van der Waals surface area contributed by atoms with Crippen LogP contribution in [0.2, 0.25) is 0 Å². The van der Waals surface area contributed by atoms with Crippen LogP contribution >= 0.6 is 0 Å². The Kier molecular flexibility index (Phi) is 18.6. The number of aliphatic hydroxyl groups is 2. The molecule has 0 saturated carbocycles. The number of hydroxylamine groups is 4. The van der Waals surface area contributed by atoms with Gasteiger partial charge >= 0.3 is 11.9 Å². The van der Waals surface area contributed by atoms with Crippen molar-refractivity contribution in [3.05, 3.63) is 42.0 Å². The quantitative estimate of drug-likeness (QED) is 0.0200. The van der Waals surface area contributed by atoms with E-state index in [1.165, 1.54) is 12.1 Å². The Balaban J connectivity index is 1.53. The van der Waals surface area contributed by atoms with Gasteiger partial charge in [-0.3, -0.25) is 24.9 Å². The lowest BCUT2D eigenvalue weighted by Gasteiger charge is -2.25. The minimum absolute atomic E-state index is 0.0561. The molecule has 1 fully saturated rings.